The molecule has 3 N–H and O–H groups in total. The van der Waals surface area contributed by atoms with Crippen molar-refractivity contribution in [1.82, 2.24) is 4.57 Å². The average Bonchev–Trinajstić information content (AvgIpc) is 3.14. The monoisotopic (exact) mass is 448 g/mol. The van der Waals surface area contributed by atoms with Gasteiger partial charge >= 0.3 is 0 Å². The van der Waals surface area contributed by atoms with E-state index in [1.165, 1.54) is 28.6 Å². The van der Waals surface area contributed by atoms with Gasteiger partial charge in [0.1, 0.15) is 11.6 Å². The van der Waals surface area contributed by atoms with Crippen molar-refractivity contribution in [3.05, 3.63) is 89.9 Å². The first-order valence-corrected chi connectivity index (χ1v) is 10.9. The standard InChI is InChI=1S/C16H16FNO2.C11H13NO/c1-2-8-20-15-7-6-12(10-14(15)16(18)19)11-4-3-5-13(17)9-11;1-12-8-9(6-7-13)10-4-2-3-5-11(10)12/h3-7,9-10H,2,8H2,1H3,(H2,18,19);2-5,8,13H,6-7H2,1H3. The van der Waals surface area contributed by atoms with Crippen molar-refractivity contribution >= 4 is 16.8 Å². The van der Waals surface area contributed by atoms with E-state index in [4.69, 9.17) is 15.6 Å². The minimum atomic E-state index is -0.561. The van der Waals surface area contributed by atoms with E-state index in [1.54, 1.807) is 30.3 Å². The van der Waals surface area contributed by atoms with Crippen LogP contribution in [0.1, 0.15) is 29.3 Å². The molecule has 1 amide bonds. The van der Waals surface area contributed by atoms with Crippen molar-refractivity contribution in [3.8, 4) is 16.9 Å². The molecule has 33 heavy (non-hydrogen) atoms. The van der Waals surface area contributed by atoms with Crippen molar-refractivity contribution in [2.45, 2.75) is 19.8 Å². The van der Waals surface area contributed by atoms with Crippen LogP contribution < -0.4 is 10.5 Å². The first kappa shape index (κ1) is 24.0. The van der Waals surface area contributed by atoms with Gasteiger partial charge in [0.05, 0.1) is 12.2 Å². The highest BCUT2D eigenvalue weighted by Crippen LogP contribution is 2.27. The van der Waals surface area contributed by atoms with E-state index in [-0.39, 0.29) is 12.4 Å². The largest absolute Gasteiger partial charge is 0.493 e. The molecule has 0 fully saturated rings. The number of aliphatic hydroxyl groups excluding tert-OH is 1. The maximum Gasteiger partial charge on any atom is 0.252 e. The number of amides is 1. The van der Waals surface area contributed by atoms with Crippen LogP contribution in [0.25, 0.3) is 22.0 Å². The summed E-state index contributed by atoms with van der Waals surface area (Å²) < 4.78 is 20.8. The van der Waals surface area contributed by atoms with Gasteiger partial charge in [-0.25, -0.2) is 4.39 Å². The van der Waals surface area contributed by atoms with Gasteiger partial charge in [0.15, 0.2) is 0 Å². The Balaban J connectivity index is 0.000000203. The van der Waals surface area contributed by atoms with E-state index in [9.17, 15) is 9.18 Å². The second-order valence-corrected chi connectivity index (χ2v) is 7.69. The van der Waals surface area contributed by atoms with Crippen LogP contribution in [-0.2, 0) is 13.5 Å². The SMILES string of the molecule is CCCOc1ccc(-c2cccc(F)c2)cc1C(N)=O.Cn1cc(CCO)c2ccccc21. The molecule has 4 rings (SSSR count). The van der Waals surface area contributed by atoms with Gasteiger partial charge in [0, 0.05) is 30.8 Å². The Kier molecular flexibility index (Phi) is 8.22. The fourth-order valence-corrected chi connectivity index (χ4v) is 3.65. The molecule has 172 valence electrons. The number of halogens is 1. The number of nitrogens with two attached hydrogens (primary N) is 1. The zero-order valence-electron chi connectivity index (χ0n) is 18.9. The number of fused-ring (bicyclic) bond motifs is 1. The van der Waals surface area contributed by atoms with Crippen LogP contribution in [0.5, 0.6) is 5.75 Å². The van der Waals surface area contributed by atoms with Crippen LogP contribution in [-0.4, -0.2) is 28.8 Å². The maximum atomic E-state index is 13.2. The molecule has 1 aromatic heterocycles. The minimum Gasteiger partial charge on any atom is -0.493 e. The summed E-state index contributed by atoms with van der Waals surface area (Å²) in [6.07, 6.45) is 3.66. The lowest BCUT2D eigenvalue weighted by Crippen LogP contribution is -2.13. The summed E-state index contributed by atoms with van der Waals surface area (Å²) >= 11 is 0. The number of rotatable bonds is 7. The molecule has 0 aliphatic heterocycles. The Hall–Kier alpha value is -3.64. The number of aryl methyl sites for hydroxylation is 1. The van der Waals surface area contributed by atoms with Crippen LogP contribution in [0.15, 0.2) is 72.9 Å². The Morgan fingerprint density at radius 3 is 2.52 bits per heavy atom. The molecule has 0 aliphatic carbocycles. The highest BCUT2D eigenvalue weighted by Gasteiger charge is 2.11. The van der Waals surface area contributed by atoms with E-state index >= 15 is 0 Å². The lowest BCUT2D eigenvalue weighted by atomic mass is 10.0. The number of hydrogen-bond donors (Lipinski definition) is 2. The summed E-state index contributed by atoms with van der Waals surface area (Å²) in [6, 6.07) is 19.5. The van der Waals surface area contributed by atoms with Gasteiger partial charge in [0.25, 0.3) is 5.91 Å². The molecule has 0 unspecified atom stereocenters. The molecule has 0 radical (unpaired) electrons. The highest BCUT2D eigenvalue weighted by atomic mass is 19.1. The number of para-hydroxylation sites is 1. The number of aromatic nitrogens is 1. The van der Waals surface area contributed by atoms with E-state index < -0.39 is 5.91 Å². The Labute approximate surface area is 193 Å². The van der Waals surface area contributed by atoms with Gasteiger partial charge in [-0.15, -0.1) is 0 Å². The molecule has 5 nitrogen and oxygen atoms in total. The van der Waals surface area contributed by atoms with Crippen LogP contribution in [0, 0.1) is 5.82 Å². The molecule has 0 aliphatic rings. The van der Waals surface area contributed by atoms with E-state index in [2.05, 4.69) is 22.9 Å². The first-order valence-electron chi connectivity index (χ1n) is 10.9. The Bertz CT molecular complexity index is 1230. The Morgan fingerprint density at radius 1 is 1.06 bits per heavy atom. The predicted molar refractivity (Wildman–Crippen MR) is 130 cm³/mol. The molecule has 0 bridgehead atoms. The topological polar surface area (TPSA) is 77.5 Å². The van der Waals surface area contributed by atoms with Gasteiger partial charge < -0.3 is 20.1 Å². The van der Waals surface area contributed by atoms with Crippen LogP contribution in [0.3, 0.4) is 0 Å². The lowest BCUT2D eigenvalue weighted by Gasteiger charge is -2.11. The van der Waals surface area contributed by atoms with Crippen LogP contribution in [0.2, 0.25) is 0 Å². The number of carbonyl (C=O) groups excluding carboxylic acids is 1. The van der Waals surface area contributed by atoms with Gasteiger partial charge in [-0.3, -0.25) is 4.79 Å². The number of benzene rings is 3. The first-order chi connectivity index (χ1) is 15.9. The number of carbonyl (C=O) groups is 1. The molecule has 4 aromatic rings. The molecule has 0 atom stereocenters. The number of ether oxygens (including phenoxy) is 1. The predicted octanol–water partition coefficient (Wildman–Crippen LogP) is 5.09. The fraction of sp³-hybridized carbons (Fsp3) is 0.222. The third-order valence-corrected chi connectivity index (χ3v) is 5.23. The molecule has 3 aromatic carbocycles. The minimum absolute atomic E-state index is 0.216. The van der Waals surface area contributed by atoms with E-state index in [0.717, 1.165) is 18.4 Å². The average molecular weight is 449 g/mol. The van der Waals surface area contributed by atoms with Gasteiger partial charge in [0.2, 0.25) is 0 Å². The summed E-state index contributed by atoms with van der Waals surface area (Å²) in [7, 11) is 2.03. The third-order valence-electron chi connectivity index (χ3n) is 5.23. The second-order valence-electron chi connectivity index (χ2n) is 7.69. The van der Waals surface area contributed by atoms with E-state index in [0.29, 0.717) is 23.5 Å². The summed E-state index contributed by atoms with van der Waals surface area (Å²) in [5, 5.41) is 10.1. The fourth-order valence-electron chi connectivity index (χ4n) is 3.65. The van der Waals surface area contributed by atoms with Crippen LogP contribution >= 0.6 is 0 Å². The van der Waals surface area contributed by atoms with Crippen molar-refractivity contribution in [3.63, 3.8) is 0 Å². The molecule has 0 saturated heterocycles. The third kappa shape index (κ3) is 5.99. The number of hydrogen-bond acceptors (Lipinski definition) is 3. The summed E-state index contributed by atoms with van der Waals surface area (Å²) in [4.78, 5) is 11.5. The molecule has 1 heterocycles. The number of aliphatic hydroxyl groups is 1. The second kappa shape index (κ2) is 11.3. The van der Waals surface area contributed by atoms with Crippen molar-refractivity contribution in [2.24, 2.45) is 12.8 Å². The molecular weight excluding hydrogens is 419 g/mol. The van der Waals surface area contributed by atoms with Gasteiger partial charge in [-0.2, -0.15) is 0 Å². The summed E-state index contributed by atoms with van der Waals surface area (Å²) in [5.74, 6) is -0.428. The highest BCUT2D eigenvalue weighted by molar-refractivity contribution is 5.97. The van der Waals surface area contributed by atoms with Crippen molar-refractivity contribution < 1.29 is 19.0 Å². The smallest absolute Gasteiger partial charge is 0.252 e. The molecule has 0 saturated carbocycles. The normalized spacial score (nSPS) is 10.5. The lowest BCUT2D eigenvalue weighted by molar-refractivity contribution is 0.0996. The number of nitrogens with zero attached hydrogens (tertiary/aromatic N) is 1. The summed E-state index contributed by atoms with van der Waals surface area (Å²) in [5.41, 5.74) is 9.54. The van der Waals surface area contributed by atoms with Crippen LogP contribution in [0.4, 0.5) is 4.39 Å². The molecule has 0 spiro atoms. The quantitative estimate of drug-likeness (QED) is 0.413. The zero-order valence-corrected chi connectivity index (χ0v) is 18.9. The zero-order chi connectivity index (χ0) is 23.8. The maximum absolute atomic E-state index is 13.2. The molecule has 6 heteroatoms. The van der Waals surface area contributed by atoms with E-state index in [1.807, 2.05) is 26.1 Å². The number of primary amides is 1. The van der Waals surface area contributed by atoms with Crippen molar-refractivity contribution in [1.29, 1.82) is 0 Å². The molecular formula is C27H29FN2O3. The van der Waals surface area contributed by atoms with Crippen molar-refractivity contribution in [2.75, 3.05) is 13.2 Å². The summed E-state index contributed by atoms with van der Waals surface area (Å²) in [6.45, 7) is 2.71. The van der Waals surface area contributed by atoms with Gasteiger partial charge in [-0.05, 0) is 59.9 Å². The van der Waals surface area contributed by atoms with Gasteiger partial charge in [-0.1, -0.05) is 43.3 Å². The Morgan fingerprint density at radius 2 is 1.82 bits per heavy atom.